The fourth-order valence-corrected chi connectivity index (χ4v) is 4.41. The zero-order valence-corrected chi connectivity index (χ0v) is 15.2. The van der Waals surface area contributed by atoms with E-state index in [2.05, 4.69) is 22.0 Å². The molecular weight excluding hydrogens is 340 g/mol. The van der Waals surface area contributed by atoms with Crippen LogP contribution in [0.5, 0.6) is 5.75 Å². The molecule has 1 saturated heterocycles. The standard InChI is InChI=1S/C17H22N4O3S/c1-3-20-8-10-21(11-9-20)25(22,23)15-4-5-17(24-2)16(12-15)14-6-7-18-19-13-14/h4-7,12-13H,3,8-11H2,1-2H3. The van der Waals surface area contributed by atoms with Crippen LogP contribution in [0.4, 0.5) is 0 Å². The number of piperazine rings is 1. The van der Waals surface area contributed by atoms with Gasteiger partial charge in [-0.1, -0.05) is 6.92 Å². The molecule has 0 bridgehead atoms. The number of nitrogens with zero attached hydrogens (tertiary/aromatic N) is 4. The van der Waals surface area contributed by atoms with Crippen molar-refractivity contribution in [2.45, 2.75) is 11.8 Å². The lowest BCUT2D eigenvalue weighted by Crippen LogP contribution is -2.48. The highest BCUT2D eigenvalue weighted by atomic mass is 32.2. The third-order valence-electron chi connectivity index (χ3n) is 4.48. The van der Waals surface area contributed by atoms with Crippen LogP contribution in [0.1, 0.15) is 6.92 Å². The lowest BCUT2D eigenvalue weighted by Gasteiger charge is -2.33. The number of ether oxygens (including phenoxy) is 1. The largest absolute Gasteiger partial charge is 0.496 e. The minimum Gasteiger partial charge on any atom is -0.496 e. The summed E-state index contributed by atoms with van der Waals surface area (Å²) in [4.78, 5) is 2.51. The van der Waals surface area contributed by atoms with E-state index in [1.807, 2.05) is 0 Å². The second-order valence-electron chi connectivity index (χ2n) is 5.83. The maximum absolute atomic E-state index is 13.0. The first-order chi connectivity index (χ1) is 12.1. The van der Waals surface area contributed by atoms with E-state index in [4.69, 9.17) is 4.74 Å². The van der Waals surface area contributed by atoms with E-state index < -0.39 is 10.0 Å². The summed E-state index contributed by atoms with van der Waals surface area (Å²) >= 11 is 0. The molecular formula is C17H22N4O3S. The quantitative estimate of drug-likeness (QED) is 0.802. The van der Waals surface area contributed by atoms with Crippen molar-refractivity contribution in [2.24, 2.45) is 0 Å². The van der Waals surface area contributed by atoms with Gasteiger partial charge in [0.05, 0.1) is 24.4 Å². The second kappa shape index (κ2) is 7.47. The van der Waals surface area contributed by atoms with Gasteiger partial charge in [-0.15, -0.1) is 0 Å². The molecule has 0 spiro atoms. The van der Waals surface area contributed by atoms with Crippen LogP contribution >= 0.6 is 0 Å². The highest BCUT2D eigenvalue weighted by molar-refractivity contribution is 7.89. The molecule has 0 N–H and O–H groups in total. The molecule has 7 nitrogen and oxygen atoms in total. The molecule has 0 amide bonds. The van der Waals surface area contributed by atoms with Crippen LogP contribution in [0.15, 0.2) is 41.6 Å². The van der Waals surface area contributed by atoms with Gasteiger partial charge < -0.3 is 9.64 Å². The molecule has 1 aliphatic rings. The molecule has 1 fully saturated rings. The number of sulfonamides is 1. The van der Waals surface area contributed by atoms with Crippen molar-refractivity contribution in [2.75, 3.05) is 39.8 Å². The number of methoxy groups -OCH3 is 1. The van der Waals surface area contributed by atoms with Crippen LogP contribution in [0.3, 0.4) is 0 Å². The molecule has 0 radical (unpaired) electrons. The average molecular weight is 362 g/mol. The fraction of sp³-hybridized carbons (Fsp3) is 0.412. The predicted molar refractivity (Wildman–Crippen MR) is 94.9 cm³/mol. The van der Waals surface area contributed by atoms with Gasteiger partial charge in [0.25, 0.3) is 0 Å². The molecule has 0 aliphatic carbocycles. The Balaban J connectivity index is 1.95. The van der Waals surface area contributed by atoms with Crippen molar-refractivity contribution >= 4 is 10.0 Å². The zero-order chi connectivity index (χ0) is 17.9. The van der Waals surface area contributed by atoms with E-state index in [9.17, 15) is 8.42 Å². The zero-order valence-electron chi connectivity index (χ0n) is 14.4. The molecule has 3 rings (SSSR count). The Morgan fingerprint density at radius 3 is 2.48 bits per heavy atom. The van der Waals surface area contributed by atoms with Crippen molar-refractivity contribution < 1.29 is 13.2 Å². The first-order valence-corrected chi connectivity index (χ1v) is 9.68. The van der Waals surface area contributed by atoms with E-state index in [1.54, 1.807) is 48.1 Å². The van der Waals surface area contributed by atoms with Crippen molar-refractivity contribution in [3.8, 4) is 16.9 Å². The number of likely N-dealkylation sites (N-methyl/N-ethyl adjacent to an activating group) is 1. The van der Waals surface area contributed by atoms with Gasteiger partial charge >= 0.3 is 0 Å². The highest BCUT2D eigenvalue weighted by Crippen LogP contribution is 2.32. The summed E-state index contributed by atoms with van der Waals surface area (Å²) < 4.78 is 32.9. The molecule has 2 aromatic rings. The lowest BCUT2D eigenvalue weighted by atomic mass is 10.1. The monoisotopic (exact) mass is 362 g/mol. The van der Waals surface area contributed by atoms with E-state index in [0.717, 1.165) is 25.2 Å². The van der Waals surface area contributed by atoms with Crippen molar-refractivity contribution in [3.05, 3.63) is 36.7 Å². The maximum Gasteiger partial charge on any atom is 0.243 e. The molecule has 2 heterocycles. The molecule has 0 unspecified atom stereocenters. The molecule has 1 aliphatic heterocycles. The summed E-state index contributed by atoms with van der Waals surface area (Å²) in [6, 6.07) is 6.71. The molecule has 25 heavy (non-hydrogen) atoms. The van der Waals surface area contributed by atoms with Crippen LogP contribution in [-0.2, 0) is 10.0 Å². The van der Waals surface area contributed by atoms with Crippen LogP contribution in [0.2, 0.25) is 0 Å². The summed E-state index contributed by atoms with van der Waals surface area (Å²) in [6.07, 6.45) is 3.16. The summed E-state index contributed by atoms with van der Waals surface area (Å²) in [5, 5.41) is 7.63. The normalized spacial score (nSPS) is 16.7. The van der Waals surface area contributed by atoms with Crippen LogP contribution in [0, 0.1) is 0 Å². The van der Waals surface area contributed by atoms with Crippen LogP contribution in [0.25, 0.3) is 11.1 Å². The minimum absolute atomic E-state index is 0.269. The SMILES string of the molecule is CCN1CCN(S(=O)(=O)c2ccc(OC)c(-c3ccnnc3)c2)CC1. The van der Waals surface area contributed by atoms with Gasteiger partial charge in [-0.2, -0.15) is 14.5 Å². The van der Waals surface area contributed by atoms with Crippen molar-refractivity contribution in [1.29, 1.82) is 0 Å². The molecule has 0 saturated carbocycles. The fourth-order valence-electron chi connectivity index (χ4n) is 2.96. The summed E-state index contributed by atoms with van der Waals surface area (Å²) in [5.41, 5.74) is 1.45. The topological polar surface area (TPSA) is 75.6 Å². The molecule has 8 heteroatoms. The van der Waals surface area contributed by atoms with Crippen LogP contribution < -0.4 is 4.74 Å². The number of aromatic nitrogens is 2. The number of hydrogen-bond acceptors (Lipinski definition) is 6. The Labute approximate surface area is 148 Å². The third kappa shape index (κ3) is 3.65. The van der Waals surface area contributed by atoms with Crippen LogP contribution in [-0.4, -0.2) is 67.7 Å². The Kier molecular flexibility index (Phi) is 5.31. The predicted octanol–water partition coefficient (Wildman–Crippen LogP) is 1.48. The van der Waals surface area contributed by atoms with Gasteiger partial charge in [0.1, 0.15) is 5.75 Å². The summed E-state index contributed by atoms with van der Waals surface area (Å²) in [5.74, 6) is 0.600. The van der Waals surface area contributed by atoms with Crippen molar-refractivity contribution in [3.63, 3.8) is 0 Å². The van der Waals surface area contributed by atoms with E-state index >= 15 is 0 Å². The summed E-state index contributed by atoms with van der Waals surface area (Å²) in [7, 11) is -1.97. The Hall–Kier alpha value is -2.03. The van der Waals surface area contributed by atoms with E-state index in [1.165, 1.54) is 0 Å². The van der Waals surface area contributed by atoms with Gasteiger partial charge in [0.15, 0.2) is 0 Å². The van der Waals surface area contributed by atoms with Gasteiger partial charge in [-0.3, -0.25) is 0 Å². The Morgan fingerprint density at radius 2 is 1.88 bits per heavy atom. The molecule has 1 aromatic heterocycles. The Morgan fingerprint density at radius 1 is 1.12 bits per heavy atom. The number of rotatable bonds is 5. The number of hydrogen-bond donors (Lipinski definition) is 0. The molecule has 0 atom stereocenters. The summed E-state index contributed by atoms with van der Waals surface area (Å²) in [6.45, 7) is 5.56. The Bertz CT molecular complexity index is 819. The maximum atomic E-state index is 13.0. The van der Waals surface area contributed by atoms with Gasteiger partial charge in [0, 0.05) is 37.3 Å². The van der Waals surface area contributed by atoms with E-state index in [-0.39, 0.29) is 4.90 Å². The molecule has 1 aromatic carbocycles. The molecule has 134 valence electrons. The van der Waals surface area contributed by atoms with E-state index in [0.29, 0.717) is 24.4 Å². The highest BCUT2D eigenvalue weighted by Gasteiger charge is 2.28. The number of benzene rings is 1. The first-order valence-electron chi connectivity index (χ1n) is 8.24. The lowest BCUT2D eigenvalue weighted by molar-refractivity contribution is 0.196. The third-order valence-corrected chi connectivity index (χ3v) is 6.38. The minimum atomic E-state index is -3.53. The smallest absolute Gasteiger partial charge is 0.243 e. The van der Waals surface area contributed by atoms with Gasteiger partial charge in [-0.05, 0) is 30.8 Å². The average Bonchev–Trinajstić information content (AvgIpc) is 2.68. The second-order valence-corrected chi connectivity index (χ2v) is 7.77. The van der Waals surface area contributed by atoms with Gasteiger partial charge in [0.2, 0.25) is 10.0 Å². The van der Waals surface area contributed by atoms with Crippen molar-refractivity contribution in [1.82, 2.24) is 19.4 Å². The van der Waals surface area contributed by atoms with Gasteiger partial charge in [-0.25, -0.2) is 8.42 Å². The first kappa shape index (κ1) is 17.8.